The predicted molar refractivity (Wildman–Crippen MR) is 132 cm³/mol. The molecule has 0 bridgehead atoms. The maximum atomic E-state index is 13.3. The lowest BCUT2D eigenvalue weighted by molar-refractivity contribution is 0.0733. The first-order chi connectivity index (χ1) is 16.5. The fourth-order valence-electron chi connectivity index (χ4n) is 3.38. The monoisotopic (exact) mass is 462 g/mol. The standard InChI is InChI=1S/C28H31FN2O3/c1-3-4-5-6-7-8-18-33-26-15-12-22(13-16-26)28(32)34-27-17-14-25(19-21(27)2)31-30-24-11-9-10-23(29)20-24/h9-17,19-20H,3-8,18H2,1-2H3. The maximum Gasteiger partial charge on any atom is 0.343 e. The Morgan fingerprint density at radius 3 is 2.26 bits per heavy atom. The molecule has 0 fully saturated rings. The third-order valence-corrected chi connectivity index (χ3v) is 5.31. The van der Waals surface area contributed by atoms with Crippen LogP contribution < -0.4 is 9.47 Å². The van der Waals surface area contributed by atoms with Crippen LogP contribution in [0.15, 0.2) is 77.0 Å². The number of azo groups is 1. The lowest BCUT2D eigenvalue weighted by Gasteiger charge is -2.09. The summed E-state index contributed by atoms with van der Waals surface area (Å²) in [5.41, 5.74) is 2.19. The van der Waals surface area contributed by atoms with Gasteiger partial charge in [-0.15, -0.1) is 0 Å². The molecule has 3 aromatic rings. The van der Waals surface area contributed by atoms with Crippen molar-refractivity contribution in [2.75, 3.05) is 6.61 Å². The Bertz CT molecular complexity index is 1100. The number of ether oxygens (including phenoxy) is 2. The van der Waals surface area contributed by atoms with Gasteiger partial charge in [0.15, 0.2) is 0 Å². The zero-order valence-corrected chi connectivity index (χ0v) is 19.8. The summed E-state index contributed by atoms with van der Waals surface area (Å²) >= 11 is 0. The van der Waals surface area contributed by atoms with E-state index < -0.39 is 5.97 Å². The van der Waals surface area contributed by atoms with Crippen LogP contribution in [-0.2, 0) is 0 Å². The Hall–Kier alpha value is -3.54. The minimum Gasteiger partial charge on any atom is -0.494 e. The molecule has 0 spiro atoms. The molecule has 0 aliphatic rings. The highest BCUT2D eigenvalue weighted by Crippen LogP contribution is 2.26. The van der Waals surface area contributed by atoms with E-state index in [1.54, 1.807) is 54.6 Å². The molecule has 0 atom stereocenters. The maximum absolute atomic E-state index is 13.3. The van der Waals surface area contributed by atoms with E-state index in [4.69, 9.17) is 9.47 Å². The van der Waals surface area contributed by atoms with E-state index in [2.05, 4.69) is 17.2 Å². The zero-order valence-electron chi connectivity index (χ0n) is 19.8. The Balaban J connectivity index is 1.50. The number of rotatable bonds is 12. The third kappa shape index (κ3) is 8.10. The van der Waals surface area contributed by atoms with Gasteiger partial charge in [-0.05, 0) is 73.5 Å². The number of hydrogen-bond acceptors (Lipinski definition) is 5. The second kappa shape index (κ2) is 13.2. The number of nitrogens with zero attached hydrogens (tertiary/aromatic N) is 2. The van der Waals surface area contributed by atoms with Crippen LogP contribution in [0.5, 0.6) is 11.5 Å². The fraction of sp³-hybridized carbons (Fsp3) is 0.321. The molecule has 3 rings (SSSR count). The van der Waals surface area contributed by atoms with Crippen LogP contribution >= 0.6 is 0 Å². The van der Waals surface area contributed by atoms with Crippen LogP contribution in [0.3, 0.4) is 0 Å². The van der Waals surface area contributed by atoms with Gasteiger partial charge in [-0.1, -0.05) is 45.1 Å². The van der Waals surface area contributed by atoms with Gasteiger partial charge in [0.1, 0.15) is 17.3 Å². The molecule has 0 saturated carbocycles. The fourth-order valence-corrected chi connectivity index (χ4v) is 3.38. The number of hydrogen-bond donors (Lipinski definition) is 0. The minimum absolute atomic E-state index is 0.368. The summed E-state index contributed by atoms with van der Waals surface area (Å²) in [5.74, 6) is 0.374. The van der Waals surface area contributed by atoms with Gasteiger partial charge in [-0.3, -0.25) is 0 Å². The average molecular weight is 463 g/mol. The minimum atomic E-state index is -0.445. The van der Waals surface area contributed by atoms with Crippen LogP contribution in [0.4, 0.5) is 15.8 Å². The van der Waals surface area contributed by atoms with Crippen molar-refractivity contribution in [1.82, 2.24) is 0 Å². The van der Waals surface area contributed by atoms with E-state index >= 15 is 0 Å². The number of carbonyl (C=O) groups is 1. The van der Waals surface area contributed by atoms with Crippen molar-refractivity contribution >= 4 is 17.3 Å². The highest BCUT2D eigenvalue weighted by atomic mass is 19.1. The second-order valence-corrected chi connectivity index (χ2v) is 8.16. The number of unbranched alkanes of at least 4 members (excludes halogenated alkanes) is 5. The number of aryl methyl sites for hydroxylation is 1. The Morgan fingerprint density at radius 2 is 1.56 bits per heavy atom. The van der Waals surface area contributed by atoms with Gasteiger partial charge in [-0.25, -0.2) is 9.18 Å². The predicted octanol–water partition coefficient (Wildman–Crippen LogP) is 8.51. The molecule has 0 aromatic heterocycles. The smallest absolute Gasteiger partial charge is 0.343 e. The normalized spacial score (nSPS) is 11.0. The van der Waals surface area contributed by atoms with Gasteiger partial charge in [0.05, 0.1) is 23.5 Å². The van der Waals surface area contributed by atoms with Crippen LogP contribution in [0.1, 0.15) is 61.4 Å². The molecule has 3 aromatic carbocycles. The first-order valence-corrected chi connectivity index (χ1v) is 11.8. The second-order valence-electron chi connectivity index (χ2n) is 8.16. The topological polar surface area (TPSA) is 60.2 Å². The third-order valence-electron chi connectivity index (χ3n) is 5.31. The van der Waals surface area contributed by atoms with E-state index in [1.807, 2.05) is 6.92 Å². The Kier molecular flexibility index (Phi) is 9.77. The molecule has 0 unspecified atom stereocenters. The van der Waals surface area contributed by atoms with E-state index in [0.717, 1.165) is 17.7 Å². The molecule has 0 aliphatic carbocycles. The summed E-state index contributed by atoms with van der Waals surface area (Å²) in [5, 5.41) is 8.15. The molecule has 0 amide bonds. The largest absolute Gasteiger partial charge is 0.494 e. The molecule has 178 valence electrons. The Labute approximate surface area is 200 Å². The van der Waals surface area contributed by atoms with Crippen LogP contribution in [0, 0.1) is 12.7 Å². The first kappa shape index (κ1) is 25.1. The van der Waals surface area contributed by atoms with Crippen LogP contribution in [0.25, 0.3) is 0 Å². The van der Waals surface area contributed by atoms with Gasteiger partial charge in [0.2, 0.25) is 0 Å². The number of halogens is 1. The van der Waals surface area contributed by atoms with Crippen molar-refractivity contribution < 1.29 is 18.7 Å². The highest BCUT2D eigenvalue weighted by molar-refractivity contribution is 5.91. The van der Waals surface area contributed by atoms with Crippen LogP contribution in [0.2, 0.25) is 0 Å². The van der Waals surface area contributed by atoms with Crippen molar-refractivity contribution in [3.8, 4) is 11.5 Å². The van der Waals surface area contributed by atoms with E-state index in [9.17, 15) is 9.18 Å². The van der Waals surface area contributed by atoms with E-state index in [1.165, 1.54) is 44.2 Å². The molecule has 0 aliphatic heterocycles. The summed E-state index contributed by atoms with van der Waals surface area (Å²) in [6.07, 6.45) is 7.29. The molecule has 6 heteroatoms. The highest BCUT2D eigenvalue weighted by Gasteiger charge is 2.11. The number of esters is 1. The molecule has 0 N–H and O–H groups in total. The summed E-state index contributed by atoms with van der Waals surface area (Å²) < 4.78 is 24.6. The zero-order chi connectivity index (χ0) is 24.2. The molecule has 5 nitrogen and oxygen atoms in total. The van der Waals surface area contributed by atoms with Crippen molar-refractivity contribution in [3.05, 3.63) is 83.7 Å². The number of carbonyl (C=O) groups excluding carboxylic acids is 1. The van der Waals surface area contributed by atoms with Gasteiger partial charge < -0.3 is 9.47 Å². The number of benzene rings is 3. The van der Waals surface area contributed by atoms with Crippen molar-refractivity contribution in [3.63, 3.8) is 0 Å². The van der Waals surface area contributed by atoms with Gasteiger partial charge in [-0.2, -0.15) is 10.2 Å². The lowest BCUT2D eigenvalue weighted by atomic mass is 10.1. The van der Waals surface area contributed by atoms with Gasteiger partial charge in [0.25, 0.3) is 0 Å². The average Bonchev–Trinajstić information content (AvgIpc) is 2.84. The molecule has 0 radical (unpaired) electrons. The van der Waals surface area contributed by atoms with Crippen LogP contribution in [-0.4, -0.2) is 12.6 Å². The molecule has 0 heterocycles. The lowest BCUT2D eigenvalue weighted by Crippen LogP contribution is -2.09. The van der Waals surface area contributed by atoms with E-state index in [0.29, 0.717) is 29.3 Å². The van der Waals surface area contributed by atoms with Crippen molar-refractivity contribution in [2.45, 2.75) is 52.4 Å². The van der Waals surface area contributed by atoms with Gasteiger partial charge >= 0.3 is 5.97 Å². The van der Waals surface area contributed by atoms with Gasteiger partial charge in [0, 0.05) is 6.07 Å². The molecule has 0 saturated heterocycles. The summed E-state index contributed by atoms with van der Waals surface area (Å²) in [6.45, 7) is 4.71. The molecular weight excluding hydrogens is 431 g/mol. The SMILES string of the molecule is CCCCCCCCOc1ccc(C(=O)Oc2ccc(N=Nc3cccc(F)c3)cc2C)cc1. The summed E-state index contributed by atoms with van der Waals surface area (Å²) in [4.78, 5) is 12.6. The summed E-state index contributed by atoms with van der Waals surface area (Å²) in [7, 11) is 0. The summed E-state index contributed by atoms with van der Waals surface area (Å²) in [6, 6.07) is 18.0. The molecular formula is C28H31FN2O3. The van der Waals surface area contributed by atoms with E-state index in [-0.39, 0.29) is 5.82 Å². The quantitative estimate of drug-likeness (QED) is 0.117. The van der Waals surface area contributed by atoms with Crippen molar-refractivity contribution in [2.24, 2.45) is 10.2 Å². The first-order valence-electron chi connectivity index (χ1n) is 11.8. The molecule has 34 heavy (non-hydrogen) atoms. The van der Waals surface area contributed by atoms with Crippen molar-refractivity contribution in [1.29, 1.82) is 0 Å². The Morgan fingerprint density at radius 1 is 0.853 bits per heavy atom.